The van der Waals surface area contributed by atoms with Crippen molar-refractivity contribution in [1.29, 1.82) is 0 Å². The summed E-state index contributed by atoms with van der Waals surface area (Å²) in [4.78, 5) is 25.4. The molecule has 0 radical (unpaired) electrons. The summed E-state index contributed by atoms with van der Waals surface area (Å²) in [6.07, 6.45) is -2.02. The molecule has 1 aliphatic heterocycles. The van der Waals surface area contributed by atoms with Crippen LogP contribution >= 0.6 is 11.6 Å². The molecule has 0 bridgehead atoms. The van der Waals surface area contributed by atoms with Crippen LogP contribution < -0.4 is 0 Å². The number of methoxy groups -OCH3 is 1. The molecule has 116 valence electrons. The van der Waals surface area contributed by atoms with Gasteiger partial charge in [-0.2, -0.15) is 0 Å². The lowest BCUT2D eigenvalue weighted by atomic mass is 9.92. The molecule has 1 aliphatic rings. The average Bonchev–Trinajstić information content (AvgIpc) is 2.65. The van der Waals surface area contributed by atoms with Crippen molar-refractivity contribution in [2.75, 3.05) is 19.5 Å². The first-order valence-electron chi connectivity index (χ1n) is 6.45. The second kappa shape index (κ2) is 6.16. The summed E-state index contributed by atoms with van der Waals surface area (Å²) < 4.78 is 23.8. The largest absolute Gasteiger partial charge is 0.467 e. The predicted molar refractivity (Wildman–Crippen MR) is 72.5 cm³/mol. The minimum Gasteiger partial charge on any atom is -0.467 e. The van der Waals surface area contributed by atoms with Gasteiger partial charge >= 0.3 is 12.1 Å². The molecule has 0 N–H and O–H groups in total. The number of nitrogens with zero attached hydrogens (tertiary/aromatic N) is 1. The number of amides is 1. The molecule has 7 heteroatoms. The third-order valence-corrected chi connectivity index (χ3v) is 3.33. The molecule has 1 heterocycles. The van der Waals surface area contributed by atoms with Crippen LogP contribution in [0.4, 0.5) is 9.18 Å². The summed E-state index contributed by atoms with van der Waals surface area (Å²) in [5, 5.41) is 0. The van der Waals surface area contributed by atoms with Crippen LogP contribution in [-0.2, 0) is 14.3 Å². The molecule has 20 heavy (non-hydrogen) atoms. The summed E-state index contributed by atoms with van der Waals surface area (Å²) in [6, 6.07) is 0. The summed E-state index contributed by atoms with van der Waals surface area (Å²) in [5.74, 6) is -0.551. The molecule has 0 saturated carbocycles. The van der Waals surface area contributed by atoms with E-state index in [2.05, 4.69) is 0 Å². The number of rotatable bonds is 3. The SMILES string of the molecule is COC(=O)C1(CCCl)C[C@@H](F)CN1C(=O)OC(C)(C)C. The Labute approximate surface area is 123 Å². The van der Waals surface area contributed by atoms with E-state index in [0.29, 0.717) is 0 Å². The van der Waals surface area contributed by atoms with Crippen LogP contribution in [0.5, 0.6) is 0 Å². The van der Waals surface area contributed by atoms with Crippen LogP contribution in [0, 0.1) is 0 Å². The van der Waals surface area contributed by atoms with Crippen LogP contribution in [-0.4, -0.2) is 53.8 Å². The minimum absolute atomic E-state index is 0.112. The monoisotopic (exact) mass is 309 g/mol. The Kier molecular flexibility index (Phi) is 5.24. The van der Waals surface area contributed by atoms with Gasteiger partial charge in [-0.05, 0) is 27.2 Å². The number of carbonyl (C=O) groups excluding carboxylic acids is 2. The van der Waals surface area contributed by atoms with Crippen LogP contribution in [0.25, 0.3) is 0 Å². The third kappa shape index (κ3) is 3.53. The van der Waals surface area contributed by atoms with Crippen LogP contribution in [0.3, 0.4) is 0 Å². The van der Waals surface area contributed by atoms with Crippen LogP contribution in [0.15, 0.2) is 0 Å². The van der Waals surface area contributed by atoms with E-state index in [1.807, 2.05) is 0 Å². The summed E-state index contributed by atoms with van der Waals surface area (Å²) in [7, 11) is 1.21. The first kappa shape index (κ1) is 17.0. The van der Waals surface area contributed by atoms with Gasteiger partial charge in [0.1, 0.15) is 17.3 Å². The van der Waals surface area contributed by atoms with E-state index in [1.165, 1.54) is 7.11 Å². The van der Waals surface area contributed by atoms with Crippen LogP contribution in [0.2, 0.25) is 0 Å². The van der Waals surface area contributed by atoms with Gasteiger partial charge in [-0.1, -0.05) is 0 Å². The summed E-state index contributed by atoms with van der Waals surface area (Å²) in [6.45, 7) is 4.92. The molecular weight excluding hydrogens is 289 g/mol. The summed E-state index contributed by atoms with van der Waals surface area (Å²) in [5.41, 5.74) is -2.10. The minimum atomic E-state index is -1.38. The molecule has 1 amide bonds. The van der Waals surface area contributed by atoms with Crippen molar-refractivity contribution in [3.05, 3.63) is 0 Å². The molecule has 5 nitrogen and oxygen atoms in total. The quantitative estimate of drug-likeness (QED) is 0.594. The fourth-order valence-corrected chi connectivity index (χ4v) is 2.67. The number of hydrogen-bond acceptors (Lipinski definition) is 4. The molecule has 0 spiro atoms. The number of likely N-dealkylation sites (tertiary alicyclic amines) is 1. The first-order valence-corrected chi connectivity index (χ1v) is 6.99. The molecule has 1 rings (SSSR count). The van der Waals surface area contributed by atoms with Gasteiger partial charge in [0.2, 0.25) is 0 Å². The molecule has 0 aromatic rings. The van der Waals surface area contributed by atoms with Gasteiger partial charge in [0, 0.05) is 12.3 Å². The lowest BCUT2D eigenvalue weighted by molar-refractivity contribution is -0.153. The number of esters is 1. The maximum absolute atomic E-state index is 13.8. The Balaban J connectivity index is 3.06. The van der Waals surface area contributed by atoms with E-state index in [0.717, 1.165) is 4.90 Å². The molecule has 0 aromatic heterocycles. The first-order chi connectivity index (χ1) is 9.16. The second-order valence-electron chi connectivity index (χ2n) is 5.85. The Bertz CT molecular complexity index is 385. The van der Waals surface area contributed by atoms with E-state index in [1.54, 1.807) is 20.8 Å². The number of carbonyl (C=O) groups is 2. The number of hydrogen-bond donors (Lipinski definition) is 0. The van der Waals surface area contributed by atoms with E-state index in [4.69, 9.17) is 21.1 Å². The molecule has 2 atom stereocenters. The van der Waals surface area contributed by atoms with Crippen molar-refractivity contribution in [3.8, 4) is 0 Å². The van der Waals surface area contributed by atoms with E-state index < -0.39 is 29.4 Å². The highest BCUT2D eigenvalue weighted by molar-refractivity contribution is 6.18. The smallest absolute Gasteiger partial charge is 0.411 e. The molecule has 1 fully saturated rings. The number of halogens is 2. The van der Waals surface area contributed by atoms with Gasteiger partial charge in [-0.25, -0.2) is 14.0 Å². The lowest BCUT2D eigenvalue weighted by Crippen LogP contribution is -2.55. The highest BCUT2D eigenvalue weighted by Crippen LogP contribution is 2.36. The molecule has 1 unspecified atom stereocenters. The topological polar surface area (TPSA) is 55.8 Å². The zero-order chi connectivity index (χ0) is 15.6. The van der Waals surface area contributed by atoms with E-state index in [9.17, 15) is 14.0 Å². The maximum atomic E-state index is 13.8. The maximum Gasteiger partial charge on any atom is 0.411 e. The Hall–Kier alpha value is -1.04. The second-order valence-corrected chi connectivity index (χ2v) is 6.23. The standard InChI is InChI=1S/C13H21ClFNO4/c1-12(2,3)20-11(18)16-8-9(15)7-13(16,5-6-14)10(17)19-4/h9H,5-8H2,1-4H3/t9-,13?/m1/s1. The van der Waals surface area contributed by atoms with Gasteiger partial charge in [0.25, 0.3) is 0 Å². The zero-order valence-corrected chi connectivity index (χ0v) is 13.0. The molecular formula is C13H21ClFNO4. The van der Waals surface area contributed by atoms with Gasteiger partial charge in [-0.3, -0.25) is 4.90 Å². The zero-order valence-electron chi connectivity index (χ0n) is 12.2. The molecule has 1 saturated heterocycles. The van der Waals surface area contributed by atoms with Crippen molar-refractivity contribution in [2.45, 2.75) is 50.9 Å². The Morgan fingerprint density at radius 1 is 1.45 bits per heavy atom. The highest BCUT2D eigenvalue weighted by Gasteiger charge is 2.55. The van der Waals surface area contributed by atoms with Crippen molar-refractivity contribution in [3.63, 3.8) is 0 Å². The third-order valence-electron chi connectivity index (χ3n) is 3.14. The van der Waals surface area contributed by atoms with E-state index >= 15 is 0 Å². The normalized spacial score (nSPS) is 26.5. The lowest BCUT2D eigenvalue weighted by Gasteiger charge is -2.36. The number of alkyl halides is 2. The Morgan fingerprint density at radius 3 is 2.50 bits per heavy atom. The van der Waals surface area contributed by atoms with Crippen molar-refractivity contribution >= 4 is 23.7 Å². The number of ether oxygens (including phenoxy) is 2. The highest BCUT2D eigenvalue weighted by atomic mass is 35.5. The fraction of sp³-hybridized carbons (Fsp3) is 0.846. The predicted octanol–water partition coefficient (Wildman–Crippen LogP) is 2.51. The van der Waals surface area contributed by atoms with E-state index in [-0.39, 0.29) is 25.3 Å². The summed E-state index contributed by atoms with van der Waals surface area (Å²) >= 11 is 5.71. The van der Waals surface area contributed by atoms with Crippen molar-refractivity contribution in [2.24, 2.45) is 0 Å². The van der Waals surface area contributed by atoms with Crippen LogP contribution in [0.1, 0.15) is 33.6 Å². The Morgan fingerprint density at radius 2 is 2.05 bits per heavy atom. The van der Waals surface area contributed by atoms with Gasteiger partial charge in [-0.15, -0.1) is 11.6 Å². The van der Waals surface area contributed by atoms with Crippen molar-refractivity contribution < 1.29 is 23.5 Å². The average molecular weight is 310 g/mol. The fourth-order valence-electron chi connectivity index (χ4n) is 2.36. The van der Waals surface area contributed by atoms with Gasteiger partial charge in [0.15, 0.2) is 0 Å². The molecule has 0 aromatic carbocycles. The van der Waals surface area contributed by atoms with Gasteiger partial charge < -0.3 is 9.47 Å². The van der Waals surface area contributed by atoms with Crippen molar-refractivity contribution in [1.82, 2.24) is 4.90 Å². The molecule has 0 aliphatic carbocycles. The van der Waals surface area contributed by atoms with Gasteiger partial charge in [0.05, 0.1) is 13.7 Å².